The molecular formula is C23H30N4O2S2. The topological polar surface area (TPSA) is 69.3 Å². The Morgan fingerprint density at radius 3 is 2.45 bits per heavy atom. The first-order chi connectivity index (χ1) is 14.9. The van der Waals surface area contributed by atoms with Crippen molar-refractivity contribution in [2.24, 2.45) is 0 Å². The van der Waals surface area contributed by atoms with Crippen LogP contribution in [0.25, 0.3) is 6.08 Å². The van der Waals surface area contributed by atoms with E-state index in [1.54, 1.807) is 9.47 Å². The molecule has 8 heteroatoms. The summed E-state index contributed by atoms with van der Waals surface area (Å²) in [5.41, 5.74) is 1.35. The van der Waals surface area contributed by atoms with Gasteiger partial charge < -0.3 is 4.90 Å². The smallest absolute Gasteiger partial charge is 0.270 e. The summed E-state index contributed by atoms with van der Waals surface area (Å²) in [6.45, 7) is 8.82. The molecule has 2 saturated heterocycles. The fourth-order valence-electron chi connectivity index (χ4n) is 4.16. The zero-order valence-electron chi connectivity index (χ0n) is 18.6. The Morgan fingerprint density at radius 1 is 1.13 bits per heavy atom. The summed E-state index contributed by atoms with van der Waals surface area (Å²) >= 11 is 6.77. The maximum absolute atomic E-state index is 13.1. The van der Waals surface area contributed by atoms with Crippen LogP contribution in [0, 0.1) is 18.3 Å². The van der Waals surface area contributed by atoms with Crippen molar-refractivity contribution in [3.63, 3.8) is 0 Å². The molecule has 6 nitrogen and oxygen atoms in total. The van der Waals surface area contributed by atoms with Crippen molar-refractivity contribution in [2.45, 2.75) is 65.8 Å². The minimum atomic E-state index is -0.241. The molecule has 0 unspecified atom stereocenters. The van der Waals surface area contributed by atoms with Gasteiger partial charge in [-0.15, -0.1) is 0 Å². The molecule has 2 aliphatic heterocycles. The Labute approximate surface area is 193 Å². The number of unbranched alkanes of at least 4 members (excludes halogenated alkanes) is 1. The quantitative estimate of drug-likeness (QED) is 0.445. The molecule has 1 aromatic heterocycles. The number of amides is 1. The first-order valence-electron chi connectivity index (χ1n) is 11.1. The summed E-state index contributed by atoms with van der Waals surface area (Å²) in [7, 11) is 0. The number of carbonyl (C=O) groups excluding carboxylic acids is 1. The second kappa shape index (κ2) is 10.5. The van der Waals surface area contributed by atoms with Gasteiger partial charge in [0.25, 0.3) is 11.5 Å². The number of rotatable bonds is 7. The highest BCUT2D eigenvalue weighted by molar-refractivity contribution is 8.26. The normalized spacial score (nSPS) is 18.2. The number of thiocarbonyl (C=S) groups is 1. The van der Waals surface area contributed by atoms with E-state index >= 15 is 0 Å². The summed E-state index contributed by atoms with van der Waals surface area (Å²) < 4.78 is 2.31. The number of carbonyl (C=O) groups is 1. The Balaban J connectivity index is 2.18. The van der Waals surface area contributed by atoms with E-state index < -0.39 is 0 Å². The summed E-state index contributed by atoms with van der Waals surface area (Å²) in [5, 5.41) is 9.71. The van der Waals surface area contributed by atoms with Gasteiger partial charge in [0.1, 0.15) is 21.8 Å². The number of nitriles is 1. The highest BCUT2D eigenvalue weighted by Crippen LogP contribution is 2.36. The lowest BCUT2D eigenvalue weighted by molar-refractivity contribution is -0.122. The molecule has 3 heterocycles. The molecule has 31 heavy (non-hydrogen) atoms. The standard InChI is InChI=1S/C23H30N4O2S2/c1-4-6-13-27-22(29)19(31-23(27)30)14-17-16(3)18(15-24)21(28)26(10-5-2)20(17)25-11-8-7-9-12-25/h14H,4-13H2,1-3H3. The molecule has 0 atom stereocenters. The summed E-state index contributed by atoms with van der Waals surface area (Å²) in [6.07, 6.45) is 7.84. The van der Waals surface area contributed by atoms with Crippen LogP contribution in [-0.2, 0) is 11.3 Å². The highest BCUT2D eigenvalue weighted by atomic mass is 32.2. The van der Waals surface area contributed by atoms with Crippen LogP contribution in [0.1, 0.15) is 69.1 Å². The fourth-order valence-corrected chi connectivity index (χ4v) is 5.45. The van der Waals surface area contributed by atoms with E-state index in [0.29, 0.717) is 27.9 Å². The molecule has 3 rings (SSSR count). The number of anilines is 1. The predicted octanol–water partition coefficient (Wildman–Crippen LogP) is 4.43. The van der Waals surface area contributed by atoms with E-state index in [2.05, 4.69) is 17.9 Å². The van der Waals surface area contributed by atoms with E-state index in [1.165, 1.54) is 18.2 Å². The van der Waals surface area contributed by atoms with Crippen LogP contribution in [0.3, 0.4) is 0 Å². The highest BCUT2D eigenvalue weighted by Gasteiger charge is 2.33. The van der Waals surface area contributed by atoms with E-state index in [9.17, 15) is 14.9 Å². The molecule has 0 spiro atoms. The van der Waals surface area contributed by atoms with Crippen LogP contribution < -0.4 is 10.5 Å². The molecule has 2 fully saturated rings. The van der Waals surface area contributed by atoms with Gasteiger partial charge in [-0.2, -0.15) is 5.26 Å². The van der Waals surface area contributed by atoms with Gasteiger partial charge in [-0.3, -0.25) is 19.1 Å². The zero-order chi connectivity index (χ0) is 22.5. The lowest BCUT2D eigenvalue weighted by Crippen LogP contribution is -2.37. The summed E-state index contributed by atoms with van der Waals surface area (Å²) in [5.74, 6) is 0.751. The van der Waals surface area contributed by atoms with Crippen LogP contribution >= 0.6 is 24.0 Å². The molecule has 166 valence electrons. The van der Waals surface area contributed by atoms with Crippen molar-refractivity contribution in [1.29, 1.82) is 5.26 Å². The molecule has 2 aliphatic rings. The van der Waals surface area contributed by atoms with Gasteiger partial charge in [-0.1, -0.05) is 44.2 Å². The number of pyridine rings is 1. The van der Waals surface area contributed by atoms with Crippen LogP contribution in [-0.4, -0.2) is 39.3 Å². The van der Waals surface area contributed by atoms with Crippen molar-refractivity contribution in [3.05, 3.63) is 31.9 Å². The lowest BCUT2D eigenvalue weighted by Gasteiger charge is -2.33. The van der Waals surface area contributed by atoms with Gasteiger partial charge in [0.15, 0.2) is 0 Å². The van der Waals surface area contributed by atoms with Gasteiger partial charge in [-0.05, 0) is 50.7 Å². The molecule has 0 N–H and O–H groups in total. The van der Waals surface area contributed by atoms with Crippen LogP contribution in [0.15, 0.2) is 9.70 Å². The van der Waals surface area contributed by atoms with Crippen LogP contribution in [0.2, 0.25) is 0 Å². The van der Waals surface area contributed by atoms with E-state index in [4.69, 9.17) is 12.2 Å². The van der Waals surface area contributed by atoms with Gasteiger partial charge in [0.2, 0.25) is 0 Å². The third-order valence-corrected chi connectivity index (χ3v) is 7.21. The van der Waals surface area contributed by atoms with Crippen LogP contribution in [0.5, 0.6) is 0 Å². The Hall–Kier alpha value is -2.11. The third kappa shape index (κ3) is 4.73. The van der Waals surface area contributed by atoms with E-state index in [0.717, 1.165) is 56.6 Å². The molecule has 1 amide bonds. The number of hydrogen-bond acceptors (Lipinski definition) is 6. The molecule has 0 aromatic carbocycles. The predicted molar refractivity (Wildman–Crippen MR) is 131 cm³/mol. The van der Waals surface area contributed by atoms with Crippen molar-refractivity contribution >= 4 is 46.1 Å². The van der Waals surface area contributed by atoms with Crippen molar-refractivity contribution < 1.29 is 4.79 Å². The number of piperidine rings is 1. The molecule has 0 saturated carbocycles. The monoisotopic (exact) mass is 458 g/mol. The number of aromatic nitrogens is 1. The third-order valence-electron chi connectivity index (χ3n) is 5.83. The van der Waals surface area contributed by atoms with Crippen LogP contribution in [0.4, 0.5) is 5.82 Å². The van der Waals surface area contributed by atoms with Crippen molar-refractivity contribution in [1.82, 2.24) is 9.47 Å². The van der Waals surface area contributed by atoms with Gasteiger partial charge in [0.05, 0.1) is 4.91 Å². The van der Waals surface area contributed by atoms with Crippen molar-refractivity contribution in [3.8, 4) is 6.07 Å². The summed E-state index contributed by atoms with van der Waals surface area (Å²) in [4.78, 5) is 30.7. The number of hydrogen-bond donors (Lipinski definition) is 0. The largest absolute Gasteiger partial charge is 0.357 e. The van der Waals surface area contributed by atoms with Gasteiger partial charge >= 0.3 is 0 Å². The first kappa shape index (κ1) is 23.6. The molecular weight excluding hydrogens is 428 g/mol. The van der Waals surface area contributed by atoms with E-state index in [1.807, 2.05) is 19.9 Å². The first-order valence-corrected chi connectivity index (χ1v) is 12.3. The maximum atomic E-state index is 13.1. The number of nitrogens with zero attached hydrogens (tertiary/aromatic N) is 4. The number of thioether (sulfide) groups is 1. The molecule has 1 aromatic rings. The molecule has 0 aliphatic carbocycles. The fraction of sp³-hybridized carbons (Fsp3) is 0.565. The average molecular weight is 459 g/mol. The Kier molecular flexibility index (Phi) is 7.95. The van der Waals surface area contributed by atoms with Gasteiger partial charge in [-0.25, -0.2) is 0 Å². The summed E-state index contributed by atoms with van der Waals surface area (Å²) in [6, 6.07) is 2.11. The second-order valence-electron chi connectivity index (χ2n) is 8.04. The van der Waals surface area contributed by atoms with E-state index in [-0.39, 0.29) is 17.0 Å². The zero-order valence-corrected chi connectivity index (χ0v) is 20.2. The minimum absolute atomic E-state index is 0.0841. The minimum Gasteiger partial charge on any atom is -0.357 e. The Morgan fingerprint density at radius 2 is 1.84 bits per heavy atom. The second-order valence-corrected chi connectivity index (χ2v) is 9.72. The lowest BCUT2D eigenvalue weighted by atomic mass is 10.0. The maximum Gasteiger partial charge on any atom is 0.270 e. The van der Waals surface area contributed by atoms with Crippen molar-refractivity contribution in [2.75, 3.05) is 24.5 Å². The van der Waals surface area contributed by atoms with Gasteiger partial charge in [0, 0.05) is 31.7 Å². The molecule has 0 radical (unpaired) electrons. The SMILES string of the molecule is CCCCN1C(=O)C(=Cc2c(C)c(C#N)c(=O)n(CCC)c2N2CCCCC2)SC1=S. The Bertz CT molecular complexity index is 1000. The molecule has 0 bridgehead atoms. The average Bonchev–Trinajstić information content (AvgIpc) is 3.03.